The van der Waals surface area contributed by atoms with E-state index in [1.807, 2.05) is 0 Å². The Labute approximate surface area is 162 Å². The van der Waals surface area contributed by atoms with Crippen LogP contribution in [0.1, 0.15) is 56.4 Å². The molecule has 5 rings (SSSR count). The van der Waals surface area contributed by atoms with Crippen LogP contribution in [0.15, 0.2) is 30.3 Å². The van der Waals surface area contributed by atoms with Crippen LogP contribution in [-0.2, 0) is 4.79 Å². The Morgan fingerprint density at radius 2 is 1.74 bits per heavy atom. The van der Waals surface area contributed by atoms with Crippen molar-refractivity contribution in [1.82, 2.24) is 9.80 Å². The van der Waals surface area contributed by atoms with Crippen LogP contribution in [0.3, 0.4) is 0 Å². The van der Waals surface area contributed by atoms with E-state index in [-0.39, 0.29) is 24.1 Å². The molecule has 1 N–H and O–H groups in total. The van der Waals surface area contributed by atoms with Crippen LogP contribution in [0, 0.1) is 11.8 Å². The number of benzene rings is 1. The van der Waals surface area contributed by atoms with E-state index in [9.17, 15) is 9.90 Å². The molecule has 146 valence electrons. The highest BCUT2D eigenvalue weighted by molar-refractivity contribution is 5.81. The molecule has 0 radical (unpaired) electrons. The number of likely N-dealkylation sites (tertiary alicyclic amines) is 2. The van der Waals surface area contributed by atoms with E-state index in [1.54, 1.807) is 0 Å². The predicted molar refractivity (Wildman–Crippen MR) is 105 cm³/mol. The molecule has 4 heteroatoms. The van der Waals surface area contributed by atoms with Gasteiger partial charge in [-0.05, 0) is 37.2 Å². The quantitative estimate of drug-likeness (QED) is 0.869. The summed E-state index contributed by atoms with van der Waals surface area (Å²) in [4.78, 5) is 17.4. The number of rotatable bonds is 5. The van der Waals surface area contributed by atoms with Gasteiger partial charge in [0.25, 0.3) is 0 Å². The number of aliphatic hydroxyl groups is 1. The molecule has 2 saturated carbocycles. The molecule has 0 unspecified atom stereocenters. The molecule has 0 bridgehead atoms. The molecule has 1 amide bonds. The van der Waals surface area contributed by atoms with E-state index in [4.69, 9.17) is 0 Å². The van der Waals surface area contributed by atoms with Gasteiger partial charge in [-0.15, -0.1) is 0 Å². The lowest BCUT2D eigenvalue weighted by Gasteiger charge is -2.71. The number of amides is 1. The standard InChI is InChI=1S/C23H32N2O2/c26-14-20-21(18-9-2-1-3-10-18)23(25(20)13-17-7-4-5-8-17)15-24(16-23)22(27)19-11-6-12-19/h1-3,9-10,17,19-21,26H,4-8,11-16H2/t20-,21+/m1/s1. The molecule has 4 nitrogen and oxygen atoms in total. The van der Waals surface area contributed by atoms with Gasteiger partial charge >= 0.3 is 0 Å². The van der Waals surface area contributed by atoms with Crippen molar-refractivity contribution >= 4 is 5.91 Å². The minimum Gasteiger partial charge on any atom is -0.395 e. The maximum Gasteiger partial charge on any atom is 0.225 e. The normalized spacial score (nSPS) is 30.8. The lowest BCUT2D eigenvalue weighted by Crippen LogP contribution is -2.85. The first-order valence-electron chi connectivity index (χ1n) is 10.9. The van der Waals surface area contributed by atoms with E-state index in [2.05, 4.69) is 40.1 Å². The second kappa shape index (κ2) is 6.89. The van der Waals surface area contributed by atoms with Gasteiger partial charge in [0.05, 0.1) is 12.1 Å². The van der Waals surface area contributed by atoms with Gasteiger partial charge in [-0.3, -0.25) is 9.69 Å². The number of hydrogen-bond acceptors (Lipinski definition) is 3. The maximum atomic E-state index is 12.7. The van der Waals surface area contributed by atoms with Crippen molar-refractivity contribution in [2.24, 2.45) is 11.8 Å². The summed E-state index contributed by atoms with van der Waals surface area (Å²) in [5.74, 6) is 1.78. The van der Waals surface area contributed by atoms with Crippen LogP contribution in [0.5, 0.6) is 0 Å². The molecule has 4 fully saturated rings. The molecule has 0 aromatic heterocycles. The van der Waals surface area contributed by atoms with Gasteiger partial charge < -0.3 is 10.0 Å². The summed E-state index contributed by atoms with van der Waals surface area (Å²) in [7, 11) is 0. The van der Waals surface area contributed by atoms with E-state index < -0.39 is 0 Å². The van der Waals surface area contributed by atoms with Crippen LogP contribution in [0.2, 0.25) is 0 Å². The summed E-state index contributed by atoms with van der Waals surface area (Å²) in [6.07, 6.45) is 8.72. The zero-order valence-corrected chi connectivity index (χ0v) is 16.2. The number of hydrogen-bond donors (Lipinski definition) is 1. The minimum atomic E-state index is 0.0523. The van der Waals surface area contributed by atoms with E-state index in [0.29, 0.717) is 11.8 Å². The van der Waals surface area contributed by atoms with Crippen molar-refractivity contribution in [1.29, 1.82) is 0 Å². The lowest BCUT2D eigenvalue weighted by atomic mass is 9.60. The molecule has 1 spiro atoms. The third-order valence-corrected chi connectivity index (χ3v) is 7.91. The highest BCUT2D eigenvalue weighted by Gasteiger charge is 2.66. The largest absolute Gasteiger partial charge is 0.395 e. The minimum absolute atomic E-state index is 0.0523. The SMILES string of the molecule is O=C(C1CCC1)N1CC2(C1)[C@@H](c1ccccc1)[C@@H](CO)N2CC1CCCC1. The van der Waals surface area contributed by atoms with Crippen LogP contribution >= 0.6 is 0 Å². The third-order valence-electron chi connectivity index (χ3n) is 7.91. The van der Waals surface area contributed by atoms with Crippen molar-refractivity contribution in [2.75, 3.05) is 26.2 Å². The highest BCUT2D eigenvalue weighted by Crippen LogP contribution is 2.55. The van der Waals surface area contributed by atoms with Crippen molar-refractivity contribution in [3.05, 3.63) is 35.9 Å². The monoisotopic (exact) mass is 368 g/mol. The summed E-state index contributed by atoms with van der Waals surface area (Å²) in [6, 6.07) is 10.9. The van der Waals surface area contributed by atoms with E-state index in [1.165, 1.54) is 37.7 Å². The Kier molecular flexibility index (Phi) is 4.52. The van der Waals surface area contributed by atoms with Crippen molar-refractivity contribution in [3.8, 4) is 0 Å². The summed E-state index contributed by atoms with van der Waals surface area (Å²) >= 11 is 0. The van der Waals surface area contributed by atoms with Crippen LogP contribution in [-0.4, -0.2) is 58.6 Å². The Morgan fingerprint density at radius 1 is 1.04 bits per heavy atom. The molecular weight excluding hydrogens is 336 g/mol. The van der Waals surface area contributed by atoms with Crippen molar-refractivity contribution < 1.29 is 9.90 Å². The lowest BCUT2D eigenvalue weighted by molar-refractivity contribution is -0.202. The predicted octanol–water partition coefficient (Wildman–Crippen LogP) is 3.02. The van der Waals surface area contributed by atoms with Crippen molar-refractivity contribution in [2.45, 2.75) is 62.4 Å². The zero-order valence-electron chi connectivity index (χ0n) is 16.2. The molecule has 2 aliphatic carbocycles. The Hall–Kier alpha value is -1.39. The number of aliphatic hydroxyl groups excluding tert-OH is 1. The molecule has 2 aliphatic heterocycles. The molecule has 1 aromatic carbocycles. The summed E-state index contributed by atoms with van der Waals surface area (Å²) in [5, 5.41) is 10.2. The highest BCUT2D eigenvalue weighted by atomic mass is 16.3. The summed E-state index contributed by atoms with van der Waals surface area (Å²) in [5.41, 5.74) is 1.38. The number of nitrogens with zero attached hydrogens (tertiary/aromatic N) is 2. The second-order valence-electron chi connectivity index (χ2n) is 9.37. The molecule has 27 heavy (non-hydrogen) atoms. The van der Waals surface area contributed by atoms with E-state index in [0.717, 1.165) is 38.4 Å². The van der Waals surface area contributed by atoms with Crippen LogP contribution in [0.4, 0.5) is 0 Å². The maximum absolute atomic E-state index is 12.7. The third kappa shape index (κ3) is 2.75. The Bertz CT molecular complexity index is 675. The molecule has 2 saturated heterocycles. The topological polar surface area (TPSA) is 43.8 Å². The Morgan fingerprint density at radius 3 is 2.33 bits per heavy atom. The van der Waals surface area contributed by atoms with Gasteiger partial charge in [0.15, 0.2) is 0 Å². The van der Waals surface area contributed by atoms with Crippen molar-refractivity contribution in [3.63, 3.8) is 0 Å². The van der Waals surface area contributed by atoms with Gasteiger partial charge in [-0.1, -0.05) is 49.6 Å². The second-order valence-corrected chi connectivity index (χ2v) is 9.37. The smallest absolute Gasteiger partial charge is 0.225 e. The van der Waals surface area contributed by atoms with Gasteiger partial charge in [-0.2, -0.15) is 0 Å². The zero-order chi connectivity index (χ0) is 18.4. The summed E-state index contributed by atoms with van der Waals surface area (Å²) in [6.45, 7) is 3.01. The summed E-state index contributed by atoms with van der Waals surface area (Å²) < 4.78 is 0. The number of carbonyl (C=O) groups is 1. The average molecular weight is 369 g/mol. The first-order valence-corrected chi connectivity index (χ1v) is 10.9. The van der Waals surface area contributed by atoms with Gasteiger partial charge in [-0.25, -0.2) is 0 Å². The molecule has 2 atom stereocenters. The van der Waals surface area contributed by atoms with Gasteiger partial charge in [0, 0.05) is 37.5 Å². The first-order chi connectivity index (χ1) is 13.2. The van der Waals surface area contributed by atoms with Crippen LogP contribution in [0.25, 0.3) is 0 Å². The number of carbonyl (C=O) groups excluding carboxylic acids is 1. The first kappa shape index (κ1) is 17.7. The van der Waals surface area contributed by atoms with Gasteiger partial charge in [0.2, 0.25) is 5.91 Å². The fraction of sp³-hybridized carbons (Fsp3) is 0.696. The van der Waals surface area contributed by atoms with Crippen LogP contribution < -0.4 is 0 Å². The molecule has 1 aromatic rings. The van der Waals surface area contributed by atoms with Gasteiger partial charge in [0.1, 0.15) is 0 Å². The fourth-order valence-electron chi connectivity index (χ4n) is 6.21. The van der Waals surface area contributed by atoms with E-state index >= 15 is 0 Å². The average Bonchev–Trinajstić information content (AvgIpc) is 3.10. The Balaban J connectivity index is 1.38. The molecular formula is C23H32N2O2. The fourth-order valence-corrected chi connectivity index (χ4v) is 6.21. The molecule has 4 aliphatic rings. The molecule has 2 heterocycles.